The van der Waals surface area contributed by atoms with E-state index in [2.05, 4.69) is 0 Å². The third-order valence-electron chi connectivity index (χ3n) is 3.43. The van der Waals surface area contributed by atoms with E-state index in [1.165, 1.54) is 12.1 Å². The summed E-state index contributed by atoms with van der Waals surface area (Å²) in [5, 5.41) is 0. The number of carbonyl (C=O) groups excluding carboxylic acids is 1. The Morgan fingerprint density at radius 1 is 1.40 bits per heavy atom. The fraction of sp³-hybridized carbons (Fsp3) is 0.500. The number of rotatable bonds is 5. The lowest BCUT2D eigenvalue weighted by atomic mass is 10.1. The summed E-state index contributed by atoms with van der Waals surface area (Å²) < 4.78 is 22.8. The van der Waals surface area contributed by atoms with Crippen LogP contribution in [-0.2, 0) is 9.05 Å². The predicted molar refractivity (Wildman–Crippen MR) is 78.6 cm³/mol. The summed E-state index contributed by atoms with van der Waals surface area (Å²) in [4.78, 5) is 14.4. The molecule has 1 saturated carbocycles. The van der Waals surface area contributed by atoms with Crippen LogP contribution in [0.25, 0.3) is 0 Å². The number of halogens is 1. The van der Waals surface area contributed by atoms with Crippen molar-refractivity contribution in [2.24, 2.45) is 0 Å². The van der Waals surface area contributed by atoms with Gasteiger partial charge in [0.1, 0.15) is 0 Å². The zero-order chi connectivity index (χ0) is 14.9. The van der Waals surface area contributed by atoms with Crippen molar-refractivity contribution >= 4 is 25.6 Å². The molecule has 1 aromatic carbocycles. The molecule has 20 heavy (non-hydrogen) atoms. The third kappa shape index (κ3) is 3.33. The van der Waals surface area contributed by atoms with Crippen molar-refractivity contribution in [3.8, 4) is 0 Å². The van der Waals surface area contributed by atoms with Crippen molar-refractivity contribution in [3.63, 3.8) is 0 Å². The van der Waals surface area contributed by atoms with Gasteiger partial charge < -0.3 is 4.90 Å². The summed E-state index contributed by atoms with van der Waals surface area (Å²) in [5.41, 5.74) is 1.19. The Labute approximate surface area is 124 Å². The number of hydrogen-bond acceptors (Lipinski definition) is 3. The normalized spacial score (nSPS) is 15.2. The number of carbonyl (C=O) groups is 1. The maximum atomic E-state index is 12.6. The molecule has 2 rings (SSSR count). The van der Waals surface area contributed by atoms with Crippen molar-refractivity contribution in [1.29, 1.82) is 0 Å². The lowest BCUT2D eigenvalue weighted by molar-refractivity contribution is 0.0742. The molecule has 0 aromatic heterocycles. The topological polar surface area (TPSA) is 54.5 Å². The molecule has 0 unspecified atom stereocenters. The highest BCUT2D eigenvalue weighted by atomic mass is 35.7. The van der Waals surface area contributed by atoms with Gasteiger partial charge in [-0.25, -0.2) is 8.42 Å². The average molecular weight is 316 g/mol. The number of amides is 1. The van der Waals surface area contributed by atoms with E-state index in [0.29, 0.717) is 18.2 Å². The first-order chi connectivity index (χ1) is 9.34. The van der Waals surface area contributed by atoms with Gasteiger partial charge in [-0.3, -0.25) is 4.79 Å². The average Bonchev–Trinajstić information content (AvgIpc) is 3.18. The van der Waals surface area contributed by atoms with E-state index in [9.17, 15) is 13.2 Å². The predicted octanol–water partition coefficient (Wildman–Crippen LogP) is 2.94. The first kappa shape index (κ1) is 15.3. The van der Waals surface area contributed by atoms with Crippen LogP contribution in [-0.4, -0.2) is 31.8 Å². The lowest BCUT2D eigenvalue weighted by Gasteiger charge is -2.22. The summed E-state index contributed by atoms with van der Waals surface area (Å²) in [7, 11) is 1.53. The van der Waals surface area contributed by atoms with E-state index in [4.69, 9.17) is 10.7 Å². The molecular formula is C14H18ClNO3S. The number of aryl methyl sites for hydroxylation is 1. The summed E-state index contributed by atoms with van der Waals surface area (Å²) >= 11 is 0. The smallest absolute Gasteiger partial charge is 0.261 e. The third-order valence-corrected chi connectivity index (χ3v) is 4.79. The van der Waals surface area contributed by atoms with E-state index in [1.807, 2.05) is 11.8 Å². The van der Waals surface area contributed by atoms with Gasteiger partial charge >= 0.3 is 0 Å². The van der Waals surface area contributed by atoms with E-state index in [0.717, 1.165) is 24.8 Å². The van der Waals surface area contributed by atoms with Gasteiger partial charge in [0.05, 0.1) is 4.90 Å². The molecular weight excluding hydrogens is 298 g/mol. The van der Waals surface area contributed by atoms with Crippen LogP contribution in [0.15, 0.2) is 23.1 Å². The van der Waals surface area contributed by atoms with Crippen molar-refractivity contribution in [3.05, 3.63) is 29.3 Å². The monoisotopic (exact) mass is 315 g/mol. The molecule has 1 fully saturated rings. The Morgan fingerprint density at radius 3 is 2.55 bits per heavy atom. The minimum absolute atomic E-state index is 0.0274. The molecule has 110 valence electrons. The summed E-state index contributed by atoms with van der Waals surface area (Å²) in [6.45, 7) is 4.52. The van der Waals surface area contributed by atoms with Crippen molar-refractivity contribution < 1.29 is 13.2 Å². The van der Waals surface area contributed by atoms with Crippen LogP contribution in [0.1, 0.15) is 42.1 Å². The van der Waals surface area contributed by atoms with Crippen LogP contribution in [0.4, 0.5) is 0 Å². The standard InChI is InChI=1S/C14H18ClNO3S/c1-3-8-16(11-5-6-11)14(17)13-9-12(20(15,18)19)7-4-10(13)2/h4,7,9,11H,3,5-6,8H2,1-2H3. The molecule has 1 aliphatic carbocycles. The van der Waals surface area contributed by atoms with Gasteiger partial charge in [0.2, 0.25) is 0 Å². The second kappa shape index (κ2) is 5.74. The maximum Gasteiger partial charge on any atom is 0.261 e. The van der Waals surface area contributed by atoms with Gasteiger partial charge in [0, 0.05) is 28.8 Å². The second-order valence-corrected chi connectivity index (χ2v) is 7.71. The Kier molecular flexibility index (Phi) is 4.39. The molecule has 0 spiro atoms. The van der Waals surface area contributed by atoms with Crippen molar-refractivity contribution in [2.45, 2.75) is 44.0 Å². The van der Waals surface area contributed by atoms with Gasteiger partial charge in [-0.2, -0.15) is 0 Å². The molecule has 1 aromatic rings. The highest BCUT2D eigenvalue weighted by Crippen LogP contribution is 2.29. The minimum Gasteiger partial charge on any atom is -0.336 e. The molecule has 0 N–H and O–H groups in total. The highest BCUT2D eigenvalue weighted by molar-refractivity contribution is 8.13. The van der Waals surface area contributed by atoms with Crippen LogP contribution >= 0.6 is 10.7 Å². The summed E-state index contributed by atoms with van der Waals surface area (Å²) in [6.07, 6.45) is 2.94. The summed E-state index contributed by atoms with van der Waals surface area (Å²) in [5.74, 6) is -0.103. The van der Waals surface area contributed by atoms with Gasteiger partial charge in [0.25, 0.3) is 15.0 Å². The molecule has 0 bridgehead atoms. The Morgan fingerprint density at radius 2 is 2.05 bits per heavy atom. The minimum atomic E-state index is -3.82. The lowest BCUT2D eigenvalue weighted by Crippen LogP contribution is -2.34. The quantitative estimate of drug-likeness (QED) is 0.785. The van der Waals surface area contributed by atoms with Gasteiger partial charge in [-0.1, -0.05) is 13.0 Å². The molecule has 0 heterocycles. The zero-order valence-corrected chi connectivity index (χ0v) is 13.2. The van der Waals surface area contributed by atoms with Crippen molar-refractivity contribution in [1.82, 2.24) is 4.90 Å². The largest absolute Gasteiger partial charge is 0.336 e. The molecule has 1 amide bonds. The fourth-order valence-corrected chi connectivity index (χ4v) is 2.99. The molecule has 0 radical (unpaired) electrons. The van der Waals surface area contributed by atoms with Crippen LogP contribution in [0.2, 0.25) is 0 Å². The molecule has 4 nitrogen and oxygen atoms in total. The first-order valence-electron chi connectivity index (χ1n) is 6.71. The first-order valence-corrected chi connectivity index (χ1v) is 9.01. The highest BCUT2D eigenvalue weighted by Gasteiger charge is 2.33. The van der Waals surface area contributed by atoms with E-state index in [1.54, 1.807) is 13.0 Å². The Hall–Kier alpha value is -1.07. The van der Waals surface area contributed by atoms with Gasteiger partial charge in [-0.15, -0.1) is 0 Å². The fourth-order valence-electron chi connectivity index (χ4n) is 2.21. The molecule has 6 heteroatoms. The maximum absolute atomic E-state index is 12.6. The van der Waals surface area contributed by atoms with Crippen LogP contribution in [0.5, 0.6) is 0 Å². The molecule has 0 saturated heterocycles. The van der Waals surface area contributed by atoms with Gasteiger partial charge in [-0.05, 0) is 43.9 Å². The van der Waals surface area contributed by atoms with Crippen LogP contribution in [0, 0.1) is 6.92 Å². The van der Waals surface area contributed by atoms with E-state index in [-0.39, 0.29) is 10.8 Å². The van der Waals surface area contributed by atoms with Crippen molar-refractivity contribution in [2.75, 3.05) is 6.54 Å². The van der Waals surface area contributed by atoms with E-state index < -0.39 is 9.05 Å². The molecule has 0 aliphatic heterocycles. The number of hydrogen-bond donors (Lipinski definition) is 0. The SMILES string of the molecule is CCCN(C(=O)c1cc(S(=O)(=O)Cl)ccc1C)C1CC1. The van der Waals surface area contributed by atoms with Gasteiger partial charge in [0.15, 0.2) is 0 Å². The number of nitrogens with zero attached hydrogens (tertiary/aromatic N) is 1. The van der Waals surface area contributed by atoms with Crippen LogP contribution in [0.3, 0.4) is 0 Å². The number of benzene rings is 1. The Bertz CT molecular complexity index is 623. The Balaban J connectivity index is 2.37. The summed E-state index contributed by atoms with van der Waals surface area (Å²) in [6, 6.07) is 4.73. The second-order valence-electron chi connectivity index (χ2n) is 5.14. The molecule has 0 atom stereocenters. The zero-order valence-electron chi connectivity index (χ0n) is 11.6. The van der Waals surface area contributed by atoms with E-state index >= 15 is 0 Å². The molecule has 1 aliphatic rings. The van der Waals surface area contributed by atoms with Crippen LogP contribution < -0.4 is 0 Å².